The normalized spacial score (nSPS) is 31.4. The van der Waals surface area contributed by atoms with Gasteiger partial charge in [0.25, 0.3) is 0 Å². The van der Waals surface area contributed by atoms with Crippen molar-refractivity contribution in [3.8, 4) is 0 Å². The standard InChI is InChI=1S/C18H29ClN2O/c19-9-4-10-20-12-8-17(13-20)16-7-3-11-21(14-16)18(22)15-5-1-2-6-15/h4,9,15-17H,1-3,5-8,10-14H2/b9-4+. The Bertz CT molecular complexity index is 406. The maximum absolute atomic E-state index is 12.7. The molecule has 0 aromatic heterocycles. The molecule has 3 aliphatic rings. The van der Waals surface area contributed by atoms with Crippen molar-refractivity contribution in [3.63, 3.8) is 0 Å². The molecule has 2 aliphatic heterocycles. The highest BCUT2D eigenvalue weighted by molar-refractivity contribution is 6.25. The Morgan fingerprint density at radius 3 is 2.55 bits per heavy atom. The van der Waals surface area contributed by atoms with Crippen LogP contribution in [0.15, 0.2) is 11.6 Å². The second kappa shape index (κ2) is 7.83. The molecule has 3 fully saturated rings. The number of hydrogen-bond acceptors (Lipinski definition) is 2. The van der Waals surface area contributed by atoms with Crippen molar-refractivity contribution in [2.45, 2.75) is 44.9 Å². The first kappa shape index (κ1) is 16.3. The topological polar surface area (TPSA) is 23.6 Å². The molecule has 0 bridgehead atoms. The fourth-order valence-electron chi connectivity index (χ4n) is 4.63. The molecule has 2 atom stereocenters. The molecule has 124 valence electrons. The van der Waals surface area contributed by atoms with Gasteiger partial charge in [-0.25, -0.2) is 0 Å². The Morgan fingerprint density at radius 1 is 1.00 bits per heavy atom. The zero-order valence-corrected chi connectivity index (χ0v) is 14.3. The van der Waals surface area contributed by atoms with E-state index in [0.29, 0.717) is 17.7 Å². The smallest absolute Gasteiger partial charge is 0.225 e. The molecule has 0 aromatic carbocycles. The zero-order chi connectivity index (χ0) is 15.4. The quantitative estimate of drug-likeness (QED) is 0.790. The molecule has 0 aromatic rings. The Kier molecular flexibility index (Phi) is 5.81. The lowest BCUT2D eigenvalue weighted by Gasteiger charge is -2.37. The van der Waals surface area contributed by atoms with E-state index in [9.17, 15) is 4.79 Å². The Balaban J connectivity index is 1.51. The highest BCUT2D eigenvalue weighted by Crippen LogP contribution is 2.33. The van der Waals surface area contributed by atoms with Crippen LogP contribution in [0.2, 0.25) is 0 Å². The lowest BCUT2D eigenvalue weighted by Crippen LogP contribution is -2.44. The monoisotopic (exact) mass is 324 g/mol. The molecule has 2 saturated heterocycles. The van der Waals surface area contributed by atoms with Crippen LogP contribution in [0.25, 0.3) is 0 Å². The van der Waals surface area contributed by atoms with Gasteiger partial charge in [0, 0.05) is 37.6 Å². The minimum atomic E-state index is 0.340. The number of piperidine rings is 1. The van der Waals surface area contributed by atoms with Crippen LogP contribution in [0.3, 0.4) is 0 Å². The molecule has 0 N–H and O–H groups in total. The minimum Gasteiger partial charge on any atom is -0.342 e. The third-order valence-corrected chi connectivity index (χ3v) is 6.08. The molecule has 1 amide bonds. The number of likely N-dealkylation sites (tertiary alicyclic amines) is 2. The second-order valence-electron chi connectivity index (χ2n) is 7.34. The fourth-order valence-corrected chi connectivity index (χ4v) is 4.71. The predicted molar refractivity (Wildman–Crippen MR) is 90.8 cm³/mol. The summed E-state index contributed by atoms with van der Waals surface area (Å²) in [6.45, 7) is 5.34. The van der Waals surface area contributed by atoms with Gasteiger partial charge in [0.2, 0.25) is 5.91 Å². The van der Waals surface area contributed by atoms with Gasteiger partial charge in [0.15, 0.2) is 0 Å². The van der Waals surface area contributed by atoms with Crippen LogP contribution in [0.1, 0.15) is 44.9 Å². The average Bonchev–Trinajstić information content (AvgIpc) is 3.24. The largest absolute Gasteiger partial charge is 0.342 e. The number of hydrogen-bond donors (Lipinski definition) is 0. The molecule has 3 nitrogen and oxygen atoms in total. The maximum Gasteiger partial charge on any atom is 0.225 e. The van der Waals surface area contributed by atoms with Gasteiger partial charge in [-0.3, -0.25) is 9.69 Å². The summed E-state index contributed by atoms with van der Waals surface area (Å²) >= 11 is 5.63. The zero-order valence-electron chi connectivity index (χ0n) is 13.6. The Morgan fingerprint density at radius 2 is 1.77 bits per heavy atom. The molecule has 0 radical (unpaired) electrons. The summed E-state index contributed by atoms with van der Waals surface area (Å²) in [6, 6.07) is 0. The minimum absolute atomic E-state index is 0.340. The van der Waals surface area contributed by atoms with Crippen molar-refractivity contribution < 1.29 is 4.79 Å². The number of amides is 1. The number of carbonyl (C=O) groups excluding carboxylic acids is 1. The summed E-state index contributed by atoms with van der Waals surface area (Å²) in [5, 5.41) is 0. The SMILES string of the molecule is O=C(C1CCCC1)N1CCCC(C2CCN(C/C=C/Cl)C2)C1. The third kappa shape index (κ3) is 3.86. The van der Waals surface area contributed by atoms with Gasteiger partial charge in [-0.05, 0) is 50.5 Å². The molecule has 1 aliphatic carbocycles. The molecular weight excluding hydrogens is 296 g/mol. The number of nitrogens with zero attached hydrogens (tertiary/aromatic N) is 2. The molecule has 2 unspecified atom stereocenters. The highest BCUT2D eigenvalue weighted by atomic mass is 35.5. The maximum atomic E-state index is 12.7. The number of halogens is 1. The van der Waals surface area contributed by atoms with Crippen LogP contribution in [0, 0.1) is 17.8 Å². The summed E-state index contributed by atoms with van der Waals surface area (Å²) < 4.78 is 0. The lowest BCUT2D eigenvalue weighted by molar-refractivity contribution is -0.137. The van der Waals surface area contributed by atoms with E-state index in [2.05, 4.69) is 9.80 Å². The van der Waals surface area contributed by atoms with Crippen molar-refractivity contribution in [1.29, 1.82) is 0 Å². The van der Waals surface area contributed by atoms with E-state index in [0.717, 1.165) is 38.4 Å². The molecule has 4 heteroatoms. The summed E-state index contributed by atoms with van der Waals surface area (Å²) in [5.74, 6) is 2.28. The van der Waals surface area contributed by atoms with E-state index in [1.165, 1.54) is 45.2 Å². The lowest BCUT2D eigenvalue weighted by atomic mass is 9.84. The summed E-state index contributed by atoms with van der Waals surface area (Å²) in [6.07, 6.45) is 10.6. The first-order chi connectivity index (χ1) is 10.8. The first-order valence-electron chi connectivity index (χ1n) is 9.04. The van der Waals surface area contributed by atoms with Gasteiger partial charge in [-0.15, -0.1) is 0 Å². The van der Waals surface area contributed by atoms with Crippen LogP contribution in [-0.4, -0.2) is 48.4 Å². The van der Waals surface area contributed by atoms with Gasteiger partial charge < -0.3 is 4.90 Å². The van der Waals surface area contributed by atoms with E-state index in [-0.39, 0.29) is 0 Å². The molecular formula is C18H29ClN2O. The van der Waals surface area contributed by atoms with Crippen LogP contribution in [0.5, 0.6) is 0 Å². The fraction of sp³-hybridized carbons (Fsp3) is 0.833. The van der Waals surface area contributed by atoms with Crippen molar-refractivity contribution in [2.24, 2.45) is 17.8 Å². The van der Waals surface area contributed by atoms with E-state index >= 15 is 0 Å². The number of carbonyl (C=O) groups is 1. The van der Waals surface area contributed by atoms with Crippen molar-refractivity contribution >= 4 is 17.5 Å². The molecule has 0 spiro atoms. The Hall–Kier alpha value is -0.540. The van der Waals surface area contributed by atoms with Gasteiger partial charge in [0.05, 0.1) is 0 Å². The molecule has 1 saturated carbocycles. The van der Waals surface area contributed by atoms with Gasteiger partial charge >= 0.3 is 0 Å². The predicted octanol–water partition coefficient (Wildman–Crippen LogP) is 3.49. The molecule has 2 heterocycles. The van der Waals surface area contributed by atoms with Gasteiger partial charge in [-0.2, -0.15) is 0 Å². The highest BCUT2D eigenvalue weighted by Gasteiger charge is 2.35. The van der Waals surface area contributed by atoms with Crippen molar-refractivity contribution in [3.05, 3.63) is 11.6 Å². The average molecular weight is 325 g/mol. The first-order valence-corrected chi connectivity index (χ1v) is 9.48. The van der Waals surface area contributed by atoms with E-state index in [4.69, 9.17) is 11.6 Å². The van der Waals surface area contributed by atoms with E-state index in [1.807, 2.05) is 6.08 Å². The van der Waals surface area contributed by atoms with E-state index in [1.54, 1.807) is 5.54 Å². The second-order valence-corrected chi connectivity index (χ2v) is 7.59. The van der Waals surface area contributed by atoms with Gasteiger partial charge in [0.1, 0.15) is 0 Å². The molecule has 3 rings (SSSR count). The van der Waals surface area contributed by atoms with Crippen LogP contribution >= 0.6 is 11.6 Å². The number of rotatable bonds is 4. The van der Waals surface area contributed by atoms with Gasteiger partial charge in [-0.1, -0.05) is 30.5 Å². The molecule has 22 heavy (non-hydrogen) atoms. The van der Waals surface area contributed by atoms with E-state index < -0.39 is 0 Å². The summed E-state index contributed by atoms with van der Waals surface area (Å²) in [7, 11) is 0. The van der Waals surface area contributed by atoms with Crippen LogP contribution < -0.4 is 0 Å². The third-order valence-electron chi connectivity index (χ3n) is 5.90. The summed E-state index contributed by atoms with van der Waals surface area (Å²) in [4.78, 5) is 17.3. The van der Waals surface area contributed by atoms with Crippen molar-refractivity contribution in [1.82, 2.24) is 9.80 Å². The Labute approximate surface area is 139 Å². The van der Waals surface area contributed by atoms with Crippen molar-refractivity contribution in [2.75, 3.05) is 32.7 Å². The van der Waals surface area contributed by atoms with Crippen LogP contribution in [0.4, 0.5) is 0 Å². The summed E-state index contributed by atoms with van der Waals surface area (Å²) in [5.41, 5.74) is 1.62. The van der Waals surface area contributed by atoms with Crippen LogP contribution in [-0.2, 0) is 4.79 Å².